The monoisotopic (exact) mass is 274 g/mol. The number of benzene rings is 1. The number of anilines is 1. The number of hydrogen-bond acceptors (Lipinski definition) is 3. The van der Waals surface area contributed by atoms with Gasteiger partial charge in [-0.25, -0.2) is 4.79 Å². The van der Waals surface area contributed by atoms with Crippen LogP contribution in [0.3, 0.4) is 0 Å². The van der Waals surface area contributed by atoms with E-state index in [1.807, 2.05) is 37.1 Å². The van der Waals surface area contributed by atoms with Crippen molar-refractivity contribution in [1.82, 2.24) is 4.90 Å². The van der Waals surface area contributed by atoms with Gasteiger partial charge in [0, 0.05) is 31.9 Å². The van der Waals surface area contributed by atoms with Crippen molar-refractivity contribution in [3.05, 3.63) is 35.4 Å². The summed E-state index contributed by atoms with van der Waals surface area (Å²) in [6, 6.07) is 5.79. The summed E-state index contributed by atoms with van der Waals surface area (Å²) in [5.41, 5.74) is 2.86. The van der Waals surface area contributed by atoms with Crippen LogP contribution in [-0.2, 0) is 9.59 Å². The van der Waals surface area contributed by atoms with Gasteiger partial charge in [0.15, 0.2) is 0 Å². The summed E-state index contributed by atoms with van der Waals surface area (Å²) in [6.45, 7) is 3.85. The number of hydrogen-bond donors (Lipinski definition) is 1. The fourth-order valence-corrected chi connectivity index (χ4v) is 2.18. The standard InChI is InChI=1S/C15H18N2O3/c1-11-9-13(5-3-12(11)4-6-15(19)20)17-8-7-16(2)14(18)10-17/h3-6,9H,7-8,10H2,1-2H3,(H,19,20). The molecule has 0 saturated carbocycles. The van der Waals surface area contributed by atoms with Gasteiger partial charge in [-0.1, -0.05) is 6.07 Å². The van der Waals surface area contributed by atoms with Crippen LogP contribution in [0.4, 0.5) is 5.69 Å². The summed E-state index contributed by atoms with van der Waals surface area (Å²) < 4.78 is 0. The minimum atomic E-state index is -0.960. The number of carbonyl (C=O) groups excluding carboxylic acids is 1. The van der Waals surface area contributed by atoms with Gasteiger partial charge in [0.25, 0.3) is 0 Å². The van der Waals surface area contributed by atoms with Crippen molar-refractivity contribution in [3.63, 3.8) is 0 Å². The Balaban J connectivity index is 2.17. The first-order valence-electron chi connectivity index (χ1n) is 6.48. The van der Waals surface area contributed by atoms with Crippen molar-refractivity contribution in [2.75, 3.05) is 31.6 Å². The molecular weight excluding hydrogens is 256 g/mol. The molecule has 1 aliphatic heterocycles. The third-order valence-corrected chi connectivity index (χ3v) is 3.48. The molecule has 0 spiro atoms. The second kappa shape index (κ2) is 5.77. The summed E-state index contributed by atoms with van der Waals surface area (Å²) in [5, 5.41) is 8.64. The molecule has 1 aromatic carbocycles. The molecular formula is C15H18N2O3. The molecule has 0 bridgehead atoms. The molecule has 106 valence electrons. The average molecular weight is 274 g/mol. The van der Waals surface area contributed by atoms with Crippen LogP contribution in [0.25, 0.3) is 6.08 Å². The number of amides is 1. The number of nitrogens with zero attached hydrogens (tertiary/aromatic N) is 2. The van der Waals surface area contributed by atoms with E-state index >= 15 is 0 Å². The first-order valence-corrected chi connectivity index (χ1v) is 6.48. The fraction of sp³-hybridized carbons (Fsp3) is 0.333. The fourth-order valence-electron chi connectivity index (χ4n) is 2.18. The Morgan fingerprint density at radius 3 is 2.70 bits per heavy atom. The molecule has 0 radical (unpaired) electrons. The molecule has 1 N–H and O–H groups in total. The number of aryl methyl sites for hydroxylation is 1. The second-order valence-electron chi connectivity index (χ2n) is 4.95. The van der Waals surface area contributed by atoms with Crippen LogP contribution in [0.5, 0.6) is 0 Å². The molecule has 1 fully saturated rings. The van der Waals surface area contributed by atoms with Crippen LogP contribution >= 0.6 is 0 Å². The number of aliphatic carboxylic acids is 1. The minimum absolute atomic E-state index is 0.115. The minimum Gasteiger partial charge on any atom is -0.478 e. The van der Waals surface area contributed by atoms with Gasteiger partial charge < -0.3 is 14.9 Å². The Kier molecular flexibility index (Phi) is 4.08. The van der Waals surface area contributed by atoms with Gasteiger partial charge in [-0.3, -0.25) is 4.79 Å². The van der Waals surface area contributed by atoms with Crippen LogP contribution in [0, 0.1) is 6.92 Å². The van der Waals surface area contributed by atoms with Crippen molar-refractivity contribution in [2.24, 2.45) is 0 Å². The van der Waals surface area contributed by atoms with E-state index in [4.69, 9.17) is 5.11 Å². The topological polar surface area (TPSA) is 60.9 Å². The van der Waals surface area contributed by atoms with E-state index in [9.17, 15) is 9.59 Å². The van der Waals surface area contributed by atoms with Crippen LogP contribution in [0.2, 0.25) is 0 Å². The zero-order valence-corrected chi connectivity index (χ0v) is 11.7. The molecule has 0 aromatic heterocycles. The molecule has 5 heteroatoms. The largest absolute Gasteiger partial charge is 0.478 e. The summed E-state index contributed by atoms with van der Waals surface area (Å²) in [5.74, 6) is -0.845. The Hall–Kier alpha value is -2.30. The highest BCUT2D eigenvalue weighted by atomic mass is 16.4. The number of carboxylic acids is 1. The maximum absolute atomic E-state index is 11.7. The van der Waals surface area contributed by atoms with Crippen molar-refractivity contribution >= 4 is 23.6 Å². The molecule has 0 unspecified atom stereocenters. The number of likely N-dealkylation sites (N-methyl/N-ethyl adjacent to an activating group) is 1. The van der Waals surface area contributed by atoms with E-state index in [0.717, 1.165) is 36.0 Å². The lowest BCUT2D eigenvalue weighted by atomic mass is 10.1. The lowest BCUT2D eigenvalue weighted by molar-refractivity contribution is -0.131. The molecule has 5 nitrogen and oxygen atoms in total. The predicted octanol–water partition coefficient (Wildman–Crippen LogP) is 1.37. The average Bonchev–Trinajstić information content (AvgIpc) is 2.40. The zero-order valence-electron chi connectivity index (χ0n) is 11.7. The Labute approximate surface area is 118 Å². The summed E-state index contributed by atoms with van der Waals surface area (Å²) in [6.07, 6.45) is 2.71. The van der Waals surface area contributed by atoms with Crippen LogP contribution in [0.1, 0.15) is 11.1 Å². The van der Waals surface area contributed by atoms with Crippen molar-refractivity contribution in [2.45, 2.75) is 6.92 Å². The molecule has 1 saturated heterocycles. The lowest BCUT2D eigenvalue weighted by Gasteiger charge is -2.33. The van der Waals surface area contributed by atoms with Gasteiger partial charge in [-0.15, -0.1) is 0 Å². The number of carbonyl (C=O) groups is 2. The van der Waals surface area contributed by atoms with Crippen molar-refractivity contribution < 1.29 is 14.7 Å². The Bertz CT molecular complexity index is 566. The molecule has 1 aliphatic rings. The molecule has 0 aliphatic carbocycles. The highest BCUT2D eigenvalue weighted by molar-refractivity contribution is 5.86. The van der Waals surface area contributed by atoms with E-state index in [-0.39, 0.29) is 5.91 Å². The third kappa shape index (κ3) is 3.17. The van der Waals surface area contributed by atoms with Gasteiger partial charge >= 0.3 is 5.97 Å². The van der Waals surface area contributed by atoms with Crippen LogP contribution < -0.4 is 4.90 Å². The highest BCUT2D eigenvalue weighted by Gasteiger charge is 2.21. The lowest BCUT2D eigenvalue weighted by Crippen LogP contribution is -2.48. The molecule has 1 heterocycles. The maximum Gasteiger partial charge on any atom is 0.328 e. The van der Waals surface area contributed by atoms with Crippen molar-refractivity contribution in [3.8, 4) is 0 Å². The van der Waals surface area contributed by atoms with Gasteiger partial charge in [0.05, 0.1) is 6.54 Å². The summed E-state index contributed by atoms with van der Waals surface area (Å²) in [7, 11) is 1.81. The molecule has 1 aromatic rings. The highest BCUT2D eigenvalue weighted by Crippen LogP contribution is 2.21. The van der Waals surface area contributed by atoms with E-state index in [1.165, 1.54) is 0 Å². The SMILES string of the molecule is Cc1cc(N2CCN(C)C(=O)C2)ccc1C=CC(=O)O. The van der Waals surface area contributed by atoms with Crippen molar-refractivity contribution in [1.29, 1.82) is 0 Å². The normalized spacial score (nSPS) is 16.0. The van der Waals surface area contributed by atoms with E-state index in [1.54, 1.807) is 11.0 Å². The summed E-state index contributed by atoms with van der Waals surface area (Å²) in [4.78, 5) is 26.0. The first-order chi connectivity index (χ1) is 9.47. The van der Waals surface area contributed by atoms with Gasteiger partial charge in [0.2, 0.25) is 5.91 Å². The Morgan fingerprint density at radius 2 is 2.10 bits per heavy atom. The molecule has 0 atom stereocenters. The van der Waals surface area contributed by atoms with Crippen LogP contribution in [0.15, 0.2) is 24.3 Å². The quantitative estimate of drug-likeness (QED) is 0.846. The smallest absolute Gasteiger partial charge is 0.328 e. The van der Waals surface area contributed by atoms with Gasteiger partial charge in [0.1, 0.15) is 0 Å². The molecule has 2 rings (SSSR count). The van der Waals surface area contributed by atoms with E-state index < -0.39 is 5.97 Å². The van der Waals surface area contributed by atoms with Crippen LogP contribution in [-0.4, -0.2) is 48.6 Å². The first kappa shape index (κ1) is 14.1. The number of piperazine rings is 1. The number of rotatable bonds is 3. The number of carboxylic acid groups (broad SMARTS) is 1. The van der Waals surface area contributed by atoms with Gasteiger partial charge in [-0.2, -0.15) is 0 Å². The Morgan fingerprint density at radius 1 is 1.35 bits per heavy atom. The summed E-state index contributed by atoms with van der Waals surface area (Å²) >= 11 is 0. The predicted molar refractivity (Wildman–Crippen MR) is 77.7 cm³/mol. The zero-order chi connectivity index (χ0) is 14.7. The molecule has 20 heavy (non-hydrogen) atoms. The third-order valence-electron chi connectivity index (χ3n) is 3.48. The van der Waals surface area contributed by atoms with E-state index in [2.05, 4.69) is 0 Å². The second-order valence-corrected chi connectivity index (χ2v) is 4.95. The van der Waals surface area contributed by atoms with Gasteiger partial charge in [-0.05, 0) is 36.3 Å². The molecule has 1 amide bonds. The van der Waals surface area contributed by atoms with E-state index in [0.29, 0.717) is 6.54 Å². The maximum atomic E-state index is 11.7.